The molecule has 1 unspecified atom stereocenters. The monoisotopic (exact) mass is 500 g/mol. The minimum atomic E-state index is -3.27. The van der Waals surface area contributed by atoms with Gasteiger partial charge in [0.15, 0.2) is 10.8 Å². The number of thiazole rings is 1. The summed E-state index contributed by atoms with van der Waals surface area (Å²) in [5.41, 5.74) is 0.681. The fraction of sp³-hybridized carbons (Fsp3) is 0.381. The number of aliphatic imine (C=N–C) groups is 1. The van der Waals surface area contributed by atoms with Crippen molar-refractivity contribution >= 4 is 34.7 Å². The van der Waals surface area contributed by atoms with Crippen LogP contribution < -0.4 is 5.32 Å². The molecule has 1 fully saturated rings. The molecule has 176 valence electrons. The first-order valence-corrected chi connectivity index (χ1v) is 11.3. The van der Waals surface area contributed by atoms with Gasteiger partial charge >= 0.3 is 5.97 Å². The van der Waals surface area contributed by atoms with Crippen LogP contribution in [0.1, 0.15) is 23.5 Å². The lowest BCUT2D eigenvalue weighted by molar-refractivity contribution is -0.139. The molecular formula is C21H20ClF3N4O3S. The molecule has 0 saturated carbocycles. The molecule has 33 heavy (non-hydrogen) atoms. The third-order valence-corrected chi connectivity index (χ3v) is 6.36. The van der Waals surface area contributed by atoms with E-state index in [1.165, 1.54) is 28.4 Å². The number of hydrogen-bond donors (Lipinski definition) is 2. The number of aliphatic hydroxyl groups excluding tert-OH is 1. The number of likely N-dealkylation sites (tertiary alicyclic amines) is 1. The van der Waals surface area contributed by atoms with Crippen molar-refractivity contribution in [2.45, 2.75) is 25.0 Å². The van der Waals surface area contributed by atoms with E-state index in [1.54, 1.807) is 18.5 Å². The van der Waals surface area contributed by atoms with Gasteiger partial charge in [-0.2, -0.15) is 0 Å². The zero-order chi connectivity index (χ0) is 23.8. The van der Waals surface area contributed by atoms with Crippen LogP contribution in [0.3, 0.4) is 0 Å². The number of nitrogens with zero attached hydrogens (tertiary/aromatic N) is 3. The van der Waals surface area contributed by atoms with Crippen molar-refractivity contribution in [2.75, 3.05) is 26.2 Å². The standard InChI is InChI=1S/C21H20ClF3N4O3S/c1-2-32-20(31)16-14(8-29-9-15(30)21(24,25)10-29)27-18(19-26-5-6-33-19)28-17(16)12-4-3-11(23)7-13(12)22/h3-7,15,17,30H,2,8-10H2,1H3,(H,27,28)/t15?,17-/m0/s1. The molecule has 2 aliphatic heterocycles. The van der Waals surface area contributed by atoms with Gasteiger partial charge in [-0.05, 0) is 19.1 Å². The molecule has 0 aliphatic carbocycles. The molecule has 2 aromatic rings. The predicted molar refractivity (Wildman–Crippen MR) is 117 cm³/mol. The van der Waals surface area contributed by atoms with Crippen molar-refractivity contribution < 1.29 is 27.8 Å². The summed E-state index contributed by atoms with van der Waals surface area (Å²) in [6, 6.07) is 2.74. The van der Waals surface area contributed by atoms with Crippen molar-refractivity contribution in [3.8, 4) is 0 Å². The van der Waals surface area contributed by atoms with E-state index >= 15 is 0 Å². The Balaban J connectivity index is 1.81. The molecule has 7 nitrogen and oxygen atoms in total. The molecule has 0 amide bonds. The van der Waals surface area contributed by atoms with Gasteiger partial charge in [0, 0.05) is 40.9 Å². The van der Waals surface area contributed by atoms with Gasteiger partial charge in [-0.3, -0.25) is 9.89 Å². The molecule has 3 heterocycles. The third-order valence-electron chi connectivity index (χ3n) is 5.25. The molecule has 1 saturated heterocycles. The Hall–Kier alpha value is -2.47. The first-order valence-electron chi connectivity index (χ1n) is 10.1. The lowest BCUT2D eigenvalue weighted by Crippen LogP contribution is -2.39. The maximum atomic E-state index is 13.9. The Morgan fingerprint density at radius 2 is 2.24 bits per heavy atom. The van der Waals surface area contributed by atoms with Crippen LogP contribution in [-0.4, -0.2) is 65.1 Å². The molecule has 1 aromatic heterocycles. The predicted octanol–water partition coefficient (Wildman–Crippen LogP) is 3.16. The number of alkyl halides is 2. The van der Waals surface area contributed by atoms with Gasteiger partial charge in [-0.25, -0.2) is 22.9 Å². The van der Waals surface area contributed by atoms with Gasteiger partial charge < -0.3 is 15.2 Å². The summed E-state index contributed by atoms with van der Waals surface area (Å²) in [6.07, 6.45) is -0.242. The third kappa shape index (κ3) is 4.91. The van der Waals surface area contributed by atoms with E-state index < -0.39 is 36.4 Å². The minimum Gasteiger partial charge on any atom is -0.463 e. The van der Waals surface area contributed by atoms with E-state index in [-0.39, 0.29) is 36.0 Å². The molecule has 4 rings (SSSR count). The summed E-state index contributed by atoms with van der Waals surface area (Å²) in [5.74, 6) is -4.23. The second-order valence-electron chi connectivity index (χ2n) is 7.57. The number of rotatable bonds is 6. The summed E-state index contributed by atoms with van der Waals surface area (Å²) in [7, 11) is 0. The Bertz CT molecular complexity index is 1110. The highest BCUT2D eigenvalue weighted by molar-refractivity contribution is 7.11. The second-order valence-corrected chi connectivity index (χ2v) is 8.87. The number of carbonyl (C=O) groups excluding carboxylic acids is 1. The van der Waals surface area contributed by atoms with Gasteiger partial charge in [-0.15, -0.1) is 11.3 Å². The van der Waals surface area contributed by atoms with Gasteiger partial charge in [0.1, 0.15) is 18.0 Å². The Morgan fingerprint density at radius 1 is 1.45 bits per heavy atom. The van der Waals surface area contributed by atoms with Crippen LogP contribution in [0.25, 0.3) is 0 Å². The highest BCUT2D eigenvalue weighted by Crippen LogP contribution is 2.37. The Morgan fingerprint density at radius 3 is 2.85 bits per heavy atom. The average molecular weight is 501 g/mol. The summed E-state index contributed by atoms with van der Waals surface area (Å²) in [6.45, 7) is 0.639. The molecule has 2 aliphatic rings. The molecule has 2 N–H and O–H groups in total. The van der Waals surface area contributed by atoms with E-state index in [9.17, 15) is 23.1 Å². The van der Waals surface area contributed by atoms with Crippen LogP contribution in [0.15, 0.2) is 46.0 Å². The highest BCUT2D eigenvalue weighted by Gasteiger charge is 2.47. The molecule has 1 aromatic carbocycles. The van der Waals surface area contributed by atoms with Gasteiger partial charge in [0.25, 0.3) is 5.92 Å². The van der Waals surface area contributed by atoms with Crippen LogP contribution in [0.5, 0.6) is 0 Å². The van der Waals surface area contributed by atoms with Crippen LogP contribution in [0.2, 0.25) is 5.02 Å². The normalized spacial score (nSPS) is 22.8. The van der Waals surface area contributed by atoms with Crippen molar-refractivity contribution in [3.05, 3.63) is 62.5 Å². The number of halogens is 4. The zero-order valence-corrected chi connectivity index (χ0v) is 19.0. The highest BCUT2D eigenvalue weighted by atomic mass is 35.5. The largest absolute Gasteiger partial charge is 0.463 e. The summed E-state index contributed by atoms with van der Waals surface area (Å²) in [5, 5.41) is 15.0. The maximum Gasteiger partial charge on any atom is 0.338 e. The van der Waals surface area contributed by atoms with Gasteiger partial charge in [0.2, 0.25) is 0 Å². The molecule has 0 spiro atoms. The number of nitrogens with one attached hydrogen (secondary N) is 1. The zero-order valence-electron chi connectivity index (χ0n) is 17.4. The SMILES string of the molecule is CCOC(=O)C1=C(CN2CC(O)C(F)(F)C2)NC(c2nccs2)=N[C@H]1c1ccc(F)cc1Cl. The number of carbonyl (C=O) groups is 1. The molecule has 12 heteroatoms. The fourth-order valence-corrected chi connectivity index (χ4v) is 4.62. The molecule has 0 radical (unpaired) electrons. The Kier molecular flexibility index (Phi) is 6.76. The number of β-amino-alcohol motifs (C(OH)–C–C–N with tert-alkyl or cyclic N) is 1. The number of benzene rings is 1. The number of amidine groups is 1. The molecular weight excluding hydrogens is 481 g/mol. The van der Waals surface area contributed by atoms with E-state index in [4.69, 9.17) is 16.3 Å². The first kappa shape index (κ1) is 23.7. The van der Waals surface area contributed by atoms with Crippen LogP contribution in [0, 0.1) is 5.82 Å². The lowest BCUT2D eigenvalue weighted by Gasteiger charge is -2.29. The number of ether oxygens (including phenoxy) is 1. The quantitative estimate of drug-likeness (QED) is 0.593. The fourth-order valence-electron chi connectivity index (χ4n) is 3.76. The Labute approximate surface area is 196 Å². The van der Waals surface area contributed by atoms with Crippen LogP contribution in [-0.2, 0) is 9.53 Å². The molecule has 2 atom stereocenters. The molecule has 0 bridgehead atoms. The van der Waals surface area contributed by atoms with E-state index in [1.807, 2.05) is 0 Å². The summed E-state index contributed by atoms with van der Waals surface area (Å²) >= 11 is 7.59. The summed E-state index contributed by atoms with van der Waals surface area (Å²) < 4.78 is 46.8. The van der Waals surface area contributed by atoms with Crippen molar-refractivity contribution in [3.63, 3.8) is 0 Å². The second kappa shape index (κ2) is 9.41. The number of aromatic nitrogens is 1. The van der Waals surface area contributed by atoms with E-state index in [2.05, 4.69) is 15.3 Å². The van der Waals surface area contributed by atoms with Crippen molar-refractivity contribution in [1.29, 1.82) is 0 Å². The minimum absolute atomic E-state index is 0.0495. The van der Waals surface area contributed by atoms with E-state index in [0.29, 0.717) is 16.4 Å². The lowest BCUT2D eigenvalue weighted by atomic mass is 9.95. The van der Waals surface area contributed by atoms with Crippen LogP contribution in [0.4, 0.5) is 13.2 Å². The average Bonchev–Trinajstić information content (AvgIpc) is 3.36. The first-order chi connectivity index (χ1) is 15.7. The number of hydrogen-bond acceptors (Lipinski definition) is 8. The van der Waals surface area contributed by atoms with Gasteiger partial charge in [-0.1, -0.05) is 17.7 Å². The van der Waals surface area contributed by atoms with Gasteiger partial charge in [0.05, 0.1) is 18.7 Å². The van der Waals surface area contributed by atoms with Crippen molar-refractivity contribution in [2.24, 2.45) is 4.99 Å². The summed E-state index contributed by atoms with van der Waals surface area (Å²) in [4.78, 5) is 23.2. The number of aliphatic hydroxyl groups is 1. The van der Waals surface area contributed by atoms with Crippen LogP contribution >= 0.6 is 22.9 Å². The van der Waals surface area contributed by atoms with Crippen molar-refractivity contribution in [1.82, 2.24) is 15.2 Å². The smallest absolute Gasteiger partial charge is 0.338 e. The number of esters is 1. The maximum absolute atomic E-state index is 13.9. The van der Waals surface area contributed by atoms with E-state index in [0.717, 1.165) is 6.07 Å². The topological polar surface area (TPSA) is 87.0 Å².